The Hall–Kier alpha value is -3.34. The predicted octanol–water partition coefficient (Wildman–Crippen LogP) is 3.66. The number of rotatable bonds is 7. The Morgan fingerprint density at radius 2 is 1.70 bits per heavy atom. The Morgan fingerprint density at radius 1 is 0.963 bits per heavy atom. The third kappa shape index (κ3) is 4.44. The van der Waals surface area contributed by atoms with E-state index >= 15 is 0 Å². The average Bonchev–Trinajstić information content (AvgIpc) is 2.74. The summed E-state index contributed by atoms with van der Waals surface area (Å²) in [4.78, 5) is 17.1. The van der Waals surface area contributed by atoms with Crippen LogP contribution < -0.4 is 14.8 Å². The molecule has 0 bridgehead atoms. The van der Waals surface area contributed by atoms with E-state index in [0.29, 0.717) is 23.6 Å². The van der Waals surface area contributed by atoms with Gasteiger partial charge in [0.1, 0.15) is 0 Å². The molecule has 1 unspecified atom stereocenters. The lowest BCUT2D eigenvalue weighted by Gasteiger charge is -2.18. The van der Waals surface area contributed by atoms with Gasteiger partial charge in [-0.25, -0.2) is 0 Å². The molecule has 0 saturated heterocycles. The second-order valence-corrected chi connectivity index (χ2v) is 6.00. The van der Waals surface area contributed by atoms with Gasteiger partial charge in [0.15, 0.2) is 11.5 Å². The van der Waals surface area contributed by atoms with E-state index in [9.17, 15) is 4.79 Å². The van der Waals surface area contributed by atoms with Crippen molar-refractivity contribution in [1.29, 1.82) is 0 Å². The summed E-state index contributed by atoms with van der Waals surface area (Å²) in [5.41, 5.74) is 2.53. The van der Waals surface area contributed by atoms with Gasteiger partial charge in [-0.05, 0) is 35.9 Å². The van der Waals surface area contributed by atoms with Gasteiger partial charge in [0.25, 0.3) is 5.91 Å². The Labute approximate surface area is 159 Å². The number of hydrogen-bond donors (Lipinski definition) is 1. The van der Waals surface area contributed by atoms with Crippen molar-refractivity contribution in [3.63, 3.8) is 0 Å². The predicted molar refractivity (Wildman–Crippen MR) is 104 cm³/mol. The topological polar surface area (TPSA) is 60.5 Å². The minimum absolute atomic E-state index is 0.0310. The van der Waals surface area contributed by atoms with Crippen LogP contribution in [0.5, 0.6) is 11.5 Å². The molecule has 0 spiro atoms. The molecule has 1 aromatic heterocycles. The van der Waals surface area contributed by atoms with Crippen LogP contribution in [-0.2, 0) is 0 Å². The summed E-state index contributed by atoms with van der Waals surface area (Å²) in [6.07, 6.45) is 1.77. The van der Waals surface area contributed by atoms with Gasteiger partial charge in [0, 0.05) is 29.9 Å². The van der Waals surface area contributed by atoms with Crippen LogP contribution in [-0.4, -0.2) is 31.7 Å². The first kappa shape index (κ1) is 18.5. The molecule has 0 aliphatic rings. The number of carbonyl (C=O) groups excluding carboxylic acids is 1. The third-order valence-corrected chi connectivity index (χ3v) is 4.36. The first-order chi connectivity index (χ1) is 13.2. The molecule has 3 aromatic rings. The van der Waals surface area contributed by atoms with E-state index in [1.165, 1.54) is 0 Å². The highest BCUT2D eigenvalue weighted by atomic mass is 16.5. The lowest BCUT2D eigenvalue weighted by Crippen LogP contribution is -2.29. The fraction of sp³-hybridized carbons (Fsp3) is 0.182. The number of pyridine rings is 1. The molecular weight excluding hydrogens is 340 g/mol. The van der Waals surface area contributed by atoms with Crippen molar-refractivity contribution in [2.75, 3.05) is 20.8 Å². The summed E-state index contributed by atoms with van der Waals surface area (Å²) in [7, 11) is 3.11. The van der Waals surface area contributed by atoms with Crippen LogP contribution in [0.2, 0.25) is 0 Å². The van der Waals surface area contributed by atoms with E-state index in [0.717, 1.165) is 11.3 Å². The Balaban J connectivity index is 1.78. The van der Waals surface area contributed by atoms with E-state index < -0.39 is 0 Å². The van der Waals surface area contributed by atoms with Crippen LogP contribution >= 0.6 is 0 Å². The van der Waals surface area contributed by atoms with Gasteiger partial charge in [-0.1, -0.05) is 36.4 Å². The van der Waals surface area contributed by atoms with Crippen LogP contribution in [0, 0.1) is 0 Å². The molecule has 0 aliphatic carbocycles. The molecule has 27 heavy (non-hydrogen) atoms. The molecular formula is C22H22N2O3. The van der Waals surface area contributed by atoms with Crippen LogP contribution in [0.3, 0.4) is 0 Å². The van der Waals surface area contributed by atoms with E-state index in [2.05, 4.69) is 10.3 Å². The monoisotopic (exact) mass is 362 g/mol. The number of nitrogens with one attached hydrogen (secondary N) is 1. The van der Waals surface area contributed by atoms with Gasteiger partial charge in [-0.3, -0.25) is 9.78 Å². The normalized spacial score (nSPS) is 11.5. The standard InChI is InChI=1S/C22H22N2O3/c1-26-20-12-11-17(14-21(20)27-2)22(25)24-15-18(16-8-4-3-5-9-16)19-10-6-7-13-23-19/h3-14,18H,15H2,1-2H3,(H,24,25). The van der Waals surface area contributed by atoms with Crippen molar-refractivity contribution in [1.82, 2.24) is 10.3 Å². The molecule has 1 N–H and O–H groups in total. The lowest BCUT2D eigenvalue weighted by molar-refractivity contribution is 0.0952. The number of benzene rings is 2. The van der Waals surface area contributed by atoms with Crippen molar-refractivity contribution in [3.8, 4) is 11.5 Å². The number of nitrogens with zero attached hydrogens (tertiary/aromatic N) is 1. The van der Waals surface area contributed by atoms with Crippen molar-refractivity contribution >= 4 is 5.91 Å². The highest BCUT2D eigenvalue weighted by Gasteiger charge is 2.17. The molecule has 5 heteroatoms. The smallest absolute Gasteiger partial charge is 0.251 e. The molecule has 0 saturated carbocycles. The first-order valence-corrected chi connectivity index (χ1v) is 8.69. The zero-order valence-corrected chi connectivity index (χ0v) is 15.4. The summed E-state index contributed by atoms with van der Waals surface area (Å²) in [5, 5.41) is 3.01. The Morgan fingerprint density at radius 3 is 2.37 bits per heavy atom. The molecule has 138 valence electrons. The number of methoxy groups -OCH3 is 2. The maximum absolute atomic E-state index is 12.7. The minimum Gasteiger partial charge on any atom is -0.493 e. The van der Waals surface area contributed by atoms with E-state index in [1.54, 1.807) is 38.6 Å². The van der Waals surface area contributed by atoms with Gasteiger partial charge in [-0.15, -0.1) is 0 Å². The van der Waals surface area contributed by atoms with Gasteiger partial charge in [0.2, 0.25) is 0 Å². The minimum atomic E-state index is -0.173. The highest BCUT2D eigenvalue weighted by molar-refractivity contribution is 5.95. The molecule has 1 atom stereocenters. The summed E-state index contributed by atoms with van der Waals surface area (Å²) in [6.45, 7) is 0.439. The highest BCUT2D eigenvalue weighted by Crippen LogP contribution is 2.28. The number of ether oxygens (including phenoxy) is 2. The molecule has 5 nitrogen and oxygen atoms in total. The first-order valence-electron chi connectivity index (χ1n) is 8.69. The summed E-state index contributed by atoms with van der Waals surface area (Å²) in [5.74, 6) is 0.906. The summed E-state index contributed by atoms with van der Waals surface area (Å²) >= 11 is 0. The lowest BCUT2D eigenvalue weighted by atomic mass is 9.95. The molecule has 1 amide bonds. The van der Waals surface area contributed by atoms with Crippen LogP contribution in [0.1, 0.15) is 27.5 Å². The number of hydrogen-bond acceptors (Lipinski definition) is 4. The molecule has 0 fully saturated rings. The molecule has 0 aliphatic heterocycles. The number of amides is 1. The maximum Gasteiger partial charge on any atom is 0.251 e. The number of carbonyl (C=O) groups is 1. The van der Waals surface area contributed by atoms with Crippen LogP contribution in [0.15, 0.2) is 72.9 Å². The zero-order chi connectivity index (χ0) is 19.1. The average molecular weight is 362 g/mol. The summed E-state index contributed by atoms with van der Waals surface area (Å²) < 4.78 is 10.5. The maximum atomic E-state index is 12.7. The van der Waals surface area contributed by atoms with Crippen molar-refractivity contribution in [3.05, 3.63) is 89.7 Å². The van der Waals surface area contributed by atoms with Gasteiger partial charge in [0.05, 0.1) is 14.2 Å². The zero-order valence-electron chi connectivity index (χ0n) is 15.4. The number of aromatic nitrogens is 1. The Kier molecular flexibility index (Phi) is 6.05. The second-order valence-electron chi connectivity index (χ2n) is 6.00. The van der Waals surface area contributed by atoms with E-state index in [4.69, 9.17) is 9.47 Å². The van der Waals surface area contributed by atoms with Crippen molar-refractivity contribution in [2.24, 2.45) is 0 Å². The van der Waals surface area contributed by atoms with Crippen LogP contribution in [0.25, 0.3) is 0 Å². The van der Waals surface area contributed by atoms with Crippen LogP contribution in [0.4, 0.5) is 0 Å². The van der Waals surface area contributed by atoms with Gasteiger partial charge >= 0.3 is 0 Å². The summed E-state index contributed by atoms with van der Waals surface area (Å²) in [6, 6.07) is 21.0. The molecule has 2 aromatic carbocycles. The van der Waals surface area contributed by atoms with Gasteiger partial charge in [-0.2, -0.15) is 0 Å². The largest absolute Gasteiger partial charge is 0.493 e. The second kappa shape index (κ2) is 8.85. The molecule has 3 rings (SSSR count). The fourth-order valence-corrected chi connectivity index (χ4v) is 2.93. The molecule has 0 radical (unpaired) electrons. The SMILES string of the molecule is COc1ccc(C(=O)NCC(c2ccccc2)c2ccccn2)cc1OC. The fourth-order valence-electron chi connectivity index (χ4n) is 2.93. The Bertz CT molecular complexity index is 843. The quantitative estimate of drug-likeness (QED) is 0.697. The molecule has 1 heterocycles. The van der Waals surface area contributed by atoms with E-state index in [-0.39, 0.29) is 11.8 Å². The third-order valence-electron chi connectivity index (χ3n) is 4.36. The van der Waals surface area contributed by atoms with E-state index in [1.807, 2.05) is 48.5 Å². The van der Waals surface area contributed by atoms with Crippen molar-refractivity contribution in [2.45, 2.75) is 5.92 Å². The van der Waals surface area contributed by atoms with Crippen molar-refractivity contribution < 1.29 is 14.3 Å². The van der Waals surface area contributed by atoms with Gasteiger partial charge < -0.3 is 14.8 Å².